The Labute approximate surface area is 153 Å². The van der Waals surface area contributed by atoms with Crippen LogP contribution in [-0.2, 0) is 4.79 Å². The van der Waals surface area contributed by atoms with Crippen molar-refractivity contribution >= 4 is 40.0 Å². The normalized spacial score (nSPS) is 11.9. The highest BCUT2D eigenvalue weighted by molar-refractivity contribution is 8.00. The number of aryl methyl sites for hydroxylation is 1. The minimum absolute atomic E-state index is 0.150. The Morgan fingerprint density at radius 3 is 2.72 bits per heavy atom. The number of nitrogen functional groups attached to an aromatic ring is 1. The van der Waals surface area contributed by atoms with Gasteiger partial charge in [0.25, 0.3) is 0 Å². The molecule has 1 aromatic carbocycles. The highest BCUT2D eigenvalue weighted by Crippen LogP contribution is 2.26. The number of nitrogens with zero attached hydrogens (tertiary/aromatic N) is 3. The Morgan fingerprint density at radius 1 is 1.24 bits per heavy atom. The summed E-state index contributed by atoms with van der Waals surface area (Å²) in [7, 11) is 0. The number of rotatable bonds is 5. The molecule has 0 radical (unpaired) electrons. The van der Waals surface area contributed by atoms with Crippen molar-refractivity contribution in [1.82, 2.24) is 15.0 Å². The summed E-state index contributed by atoms with van der Waals surface area (Å²) in [5.74, 6) is 0.248. The van der Waals surface area contributed by atoms with Gasteiger partial charge in [0.15, 0.2) is 10.3 Å². The van der Waals surface area contributed by atoms with E-state index in [-0.39, 0.29) is 11.2 Å². The number of anilines is 2. The average Bonchev–Trinajstić information content (AvgIpc) is 3.03. The molecule has 0 saturated heterocycles. The largest absolute Gasteiger partial charge is 0.384 e. The second kappa shape index (κ2) is 7.62. The Morgan fingerprint density at radius 2 is 2.00 bits per heavy atom. The van der Waals surface area contributed by atoms with E-state index in [9.17, 15) is 4.79 Å². The lowest BCUT2D eigenvalue weighted by Crippen LogP contribution is -2.22. The Bertz CT molecular complexity index is 862. The molecule has 1 amide bonds. The van der Waals surface area contributed by atoms with Crippen LogP contribution in [0.15, 0.2) is 46.9 Å². The van der Waals surface area contributed by atoms with Gasteiger partial charge in [-0.15, -0.1) is 11.3 Å². The summed E-state index contributed by atoms with van der Waals surface area (Å²) in [6, 6.07) is 11.5. The summed E-state index contributed by atoms with van der Waals surface area (Å²) >= 11 is 2.66. The fourth-order valence-electron chi connectivity index (χ4n) is 2.11. The van der Waals surface area contributed by atoms with E-state index in [1.165, 1.54) is 23.1 Å². The van der Waals surface area contributed by atoms with Crippen molar-refractivity contribution in [2.45, 2.75) is 24.3 Å². The van der Waals surface area contributed by atoms with E-state index < -0.39 is 0 Å². The van der Waals surface area contributed by atoms with E-state index >= 15 is 0 Å². The number of nitrogens with one attached hydrogen (secondary N) is 1. The number of nitrogens with two attached hydrogens (primary N) is 1. The third kappa shape index (κ3) is 4.55. The molecular formula is C17H17N5OS2. The van der Waals surface area contributed by atoms with Crippen LogP contribution in [0.2, 0.25) is 0 Å². The number of benzene rings is 1. The summed E-state index contributed by atoms with van der Waals surface area (Å²) < 4.78 is 0. The summed E-state index contributed by atoms with van der Waals surface area (Å²) in [5.41, 5.74) is 8.36. The molecule has 6 nitrogen and oxygen atoms in total. The molecule has 3 rings (SSSR count). The Hall–Kier alpha value is -2.45. The molecule has 128 valence electrons. The molecule has 0 fully saturated rings. The van der Waals surface area contributed by atoms with Crippen molar-refractivity contribution < 1.29 is 4.79 Å². The lowest BCUT2D eigenvalue weighted by atomic mass is 10.2. The minimum atomic E-state index is -0.370. The zero-order valence-corrected chi connectivity index (χ0v) is 15.4. The topological polar surface area (TPSA) is 93.8 Å². The van der Waals surface area contributed by atoms with Crippen LogP contribution in [0, 0.1) is 6.92 Å². The maximum atomic E-state index is 12.4. The number of hydrogen-bond donors (Lipinski definition) is 2. The summed E-state index contributed by atoms with van der Waals surface area (Å²) in [4.78, 5) is 25.3. The smallest absolute Gasteiger partial charge is 0.239 e. The molecule has 1 atom stereocenters. The molecule has 2 heterocycles. The zero-order chi connectivity index (χ0) is 17.8. The number of aromatic nitrogens is 3. The van der Waals surface area contributed by atoms with Crippen LogP contribution in [-0.4, -0.2) is 26.1 Å². The third-order valence-corrected chi connectivity index (χ3v) is 5.03. The van der Waals surface area contributed by atoms with Crippen LogP contribution >= 0.6 is 23.1 Å². The molecule has 0 aliphatic carbocycles. The van der Waals surface area contributed by atoms with Gasteiger partial charge in [-0.1, -0.05) is 42.1 Å². The van der Waals surface area contributed by atoms with Crippen LogP contribution in [0.1, 0.15) is 12.6 Å². The summed E-state index contributed by atoms with van der Waals surface area (Å²) in [6.07, 6.45) is 0. The molecule has 0 spiro atoms. The second-order valence-corrected chi connectivity index (χ2v) is 7.54. The minimum Gasteiger partial charge on any atom is -0.384 e. The quantitative estimate of drug-likeness (QED) is 0.526. The number of hydrogen-bond acceptors (Lipinski definition) is 7. The van der Waals surface area contributed by atoms with Gasteiger partial charge in [0.1, 0.15) is 5.82 Å². The van der Waals surface area contributed by atoms with Crippen molar-refractivity contribution in [3.8, 4) is 11.3 Å². The van der Waals surface area contributed by atoms with E-state index in [1.807, 2.05) is 42.6 Å². The van der Waals surface area contributed by atoms with E-state index in [0.717, 1.165) is 17.0 Å². The maximum Gasteiger partial charge on any atom is 0.239 e. The van der Waals surface area contributed by atoms with Crippen LogP contribution in [0.5, 0.6) is 0 Å². The fraction of sp³-hybridized carbons (Fsp3) is 0.176. The van der Waals surface area contributed by atoms with E-state index in [4.69, 9.17) is 5.73 Å². The highest BCUT2D eigenvalue weighted by Gasteiger charge is 2.18. The molecule has 25 heavy (non-hydrogen) atoms. The molecule has 0 saturated carbocycles. The van der Waals surface area contributed by atoms with Crippen molar-refractivity contribution in [3.63, 3.8) is 0 Å². The van der Waals surface area contributed by atoms with Crippen molar-refractivity contribution in [2.75, 3.05) is 11.1 Å². The van der Waals surface area contributed by atoms with Crippen LogP contribution in [0.3, 0.4) is 0 Å². The first-order valence-corrected chi connectivity index (χ1v) is 9.37. The van der Waals surface area contributed by atoms with Crippen LogP contribution in [0.25, 0.3) is 11.3 Å². The van der Waals surface area contributed by atoms with Gasteiger partial charge in [-0.2, -0.15) is 0 Å². The van der Waals surface area contributed by atoms with Gasteiger partial charge in [0.05, 0.1) is 10.9 Å². The third-order valence-electron chi connectivity index (χ3n) is 3.31. The predicted octanol–water partition coefficient (Wildman–Crippen LogP) is 3.61. The standard InChI is InChI=1S/C17H17N5OS2/c1-10-8-14(18)21-17(19-10)25-11(2)15(23)22-16-20-13(9-24-16)12-6-4-3-5-7-12/h3-9,11H,1-2H3,(H2,18,19,21)(H,20,22,23)/t11-/m0/s1. The second-order valence-electron chi connectivity index (χ2n) is 5.37. The molecule has 0 aliphatic heterocycles. The van der Waals surface area contributed by atoms with Gasteiger partial charge in [0, 0.05) is 22.7 Å². The van der Waals surface area contributed by atoms with Gasteiger partial charge < -0.3 is 11.1 Å². The van der Waals surface area contributed by atoms with Gasteiger partial charge in [0.2, 0.25) is 5.91 Å². The van der Waals surface area contributed by atoms with E-state index in [2.05, 4.69) is 20.3 Å². The van der Waals surface area contributed by atoms with Crippen molar-refractivity contribution in [3.05, 3.63) is 47.5 Å². The molecule has 3 aromatic rings. The van der Waals surface area contributed by atoms with E-state index in [1.54, 1.807) is 13.0 Å². The van der Waals surface area contributed by atoms with E-state index in [0.29, 0.717) is 16.1 Å². The molecule has 8 heteroatoms. The average molecular weight is 371 g/mol. The fourth-order valence-corrected chi connectivity index (χ4v) is 3.67. The molecule has 0 aliphatic rings. The number of amides is 1. The van der Waals surface area contributed by atoms with Crippen LogP contribution in [0.4, 0.5) is 10.9 Å². The Balaban J connectivity index is 1.64. The van der Waals surface area contributed by atoms with Crippen molar-refractivity contribution in [2.24, 2.45) is 0 Å². The monoisotopic (exact) mass is 371 g/mol. The lowest BCUT2D eigenvalue weighted by Gasteiger charge is -2.10. The Kier molecular flexibility index (Phi) is 5.30. The number of carbonyl (C=O) groups excluding carboxylic acids is 1. The van der Waals surface area contributed by atoms with Crippen LogP contribution < -0.4 is 11.1 Å². The maximum absolute atomic E-state index is 12.4. The zero-order valence-electron chi connectivity index (χ0n) is 13.8. The lowest BCUT2D eigenvalue weighted by molar-refractivity contribution is -0.115. The molecule has 2 aromatic heterocycles. The molecule has 0 bridgehead atoms. The van der Waals surface area contributed by atoms with Gasteiger partial charge in [-0.3, -0.25) is 4.79 Å². The van der Waals surface area contributed by atoms with Gasteiger partial charge in [-0.05, 0) is 13.8 Å². The summed E-state index contributed by atoms with van der Waals surface area (Å²) in [5, 5.41) is 5.46. The molecule has 3 N–H and O–H groups in total. The first kappa shape index (κ1) is 17.4. The van der Waals surface area contributed by atoms with Gasteiger partial charge in [-0.25, -0.2) is 15.0 Å². The summed E-state index contributed by atoms with van der Waals surface area (Å²) in [6.45, 7) is 3.64. The van der Waals surface area contributed by atoms with Crippen molar-refractivity contribution in [1.29, 1.82) is 0 Å². The van der Waals surface area contributed by atoms with Gasteiger partial charge >= 0.3 is 0 Å². The number of thioether (sulfide) groups is 1. The number of carbonyl (C=O) groups is 1. The predicted molar refractivity (Wildman–Crippen MR) is 103 cm³/mol. The number of thiazole rings is 1. The first-order valence-electron chi connectivity index (χ1n) is 7.61. The SMILES string of the molecule is Cc1cc(N)nc(S[C@@H](C)C(=O)Nc2nc(-c3ccccc3)cs2)n1. The molecule has 0 unspecified atom stereocenters. The molecular weight excluding hydrogens is 354 g/mol. The first-order chi connectivity index (χ1) is 12.0. The highest BCUT2D eigenvalue weighted by atomic mass is 32.2.